The van der Waals surface area contributed by atoms with Crippen LogP contribution in [0.25, 0.3) is 0 Å². The van der Waals surface area contributed by atoms with Gasteiger partial charge >= 0.3 is 0 Å². The van der Waals surface area contributed by atoms with Gasteiger partial charge in [0.2, 0.25) is 5.91 Å². The number of nitrogens with one attached hydrogen (secondary N) is 1. The van der Waals surface area contributed by atoms with Gasteiger partial charge in [0.25, 0.3) is 0 Å². The first-order chi connectivity index (χ1) is 10.0. The summed E-state index contributed by atoms with van der Waals surface area (Å²) in [4.78, 5) is 12.0. The van der Waals surface area contributed by atoms with Crippen LogP contribution in [0, 0.1) is 0 Å². The van der Waals surface area contributed by atoms with Crippen LogP contribution in [0.1, 0.15) is 30.5 Å². The average Bonchev–Trinajstić information content (AvgIpc) is 2.47. The maximum Gasteiger partial charge on any atom is 0.220 e. The zero-order chi connectivity index (χ0) is 15.2. The van der Waals surface area contributed by atoms with Crippen LogP contribution in [-0.4, -0.2) is 5.91 Å². The van der Waals surface area contributed by atoms with Crippen LogP contribution in [0.2, 0.25) is 5.02 Å². The van der Waals surface area contributed by atoms with Crippen molar-refractivity contribution in [2.75, 3.05) is 5.73 Å². The third-order valence-corrected chi connectivity index (χ3v) is 3.62. The minimum atomic E-state index is -0.0267. The molecule has 2 aromatic rings. The van der Waals surface area contributed by atoms with E-state index in [1.807, 2.05) is 55.5 Å². The molecule has 1 atom stereocenters. The van der Waals surface area contributed by atoms with Gasteiger partial charge in [-0.25, -0.2) is 0 Å². The van der Waals surface area contributed by atoms with Crippen LogP contribution < -0.4 is 11.1 Å². The molecule has 3 N–H and O–H groups in total. The zero-order valence-corrected chi connectivity index (χ0v) is 12.7. The van der Waals surface area contributed by atoms with Crippen LogP contribution in [0.15, 0.2) is 48.5 Å². The Morgan fingerprint density at radius 2 is 1.76 bits per heavy atom. The summed E-state index contributed by atoms with van der Waals surface area (Å²) in [5.41, 5.74) is 8.52. The van der Waals surface area contributed by atoms with E-state index in [4.69, 9.17) is 17.3 Å². The number of benzene rings is 2. The molecule has 0 heterocycles. The van der Waals surface area contributed by atoms with Gasteiger partial charge in [-0.3, -0.25) is 4.79 Å². The number of aryl methyl sites for hydroxylation is 1. The Hall–Kier alpha value is -2.00. The third-order valence-electron chi connectivity index (χ3n) is 3.37. The van der Waals surface area contributed by atoms with Gasteiger partial charge in [0.1, 0.15) is 0 Å². The lowest BCUT2D eigenvalue weighted by molar-refractivity contribution is -0.121. The van der Waals surface area contributed by atoms with E-state index in [0.717, 1.165) is 16.8 Å². The van der Waals surface area contributed by atoms with Gasteiger partial charge in [-0.15, -0.1) is 0 Å². The van der Waals surface area contributed by atoms with Gasteiger partial charge in [0.05, 0.1) is 6.04 Å². The normalized spacial score (nSPS) is 11.9. The first-order valence-electron chi connectivity index (χ1n) is 6.94. The first kappa shape index (κ1) is 15.4. The summed E-state index contributed by atoms with van der Waals surface area (Å²) in [6, 6.07) is 15.1. The summed E-state index contributed by atoms with van der Waals surface area (Å²) in [7, 11) is 0. The van der Waals surface area contributed by atoms with Gasteiger partial charge in [-0.05, 0) is 48.7 Å². The maximum absolute atomic E-state index is 12.0. The number of carbonyl (C=O) groups is 1. The Balaban J connectivity index is 1.83. The summed E-state index contributed by atoms with van der Waals surface area (Å²) in [5.74, 6) is 0.0364. The molecule has 2 aromatic carbocycles. The van der Waals surface area contributed by atoms with E-state index in [2.05, 4.69) is 5.32 Å². The predicted octanol–water partition coefficient (Wildman–Crippen LogP) is 3.73. The minimum Gasteiger partial charge on any atom is -0.399 e. The lowest BCUT2D eigenvalue weighted by Gasteiger charge is -2.14. The highest BCUT2D eigenvalue weighted by atomic mass is 35.5. The minimum absolute atomic E-state index is 0.0267. The number of anilines is 1. The van der Waals surface area contributed by atoms with Crippen molar-refractivity contribution in [3.8, 4) is 0 Å². The number of rotatable bonds is 5. The van der Waals surface area contributed by atoms with E-state index in [0.29, 0.717) is 17.9 Å². The van der Waals surface area contributed by atoms with Crippen molar-refractivity contribution in [3.63, 3.8) is 0 Å². The van der Waals surface area contributed by atoms with Crippen molar-refractivity contribution >= 4 is 23.2 Å². The molecule has 0 bridgehead atoms. The van der Waals surface area contributed by atoms with Gasteiger partial charge in [0.15, 0.2) is 0 Å². The number of nitrogens with two attached hydrogens (primary N) is 1. The van der Waals surface area contributed by atoms with E-state index in [9.17, 15) is 4.79 Å². The molecule has 0 aromatic heterocycles. The average molecular weight is 303 g/mol. The Bertz CT molecular complexity index is 593. The second-order valence-electron chi connectivity index (χ2n) is 5.08. The molecular weight excluding hydrogens is 284 g/mol. The number of nitrogen functional groups attached to an aromatic ring is 1. The molecule has 0 aliphatic carbocycles. The lowest BCUT2D eigenvalue weighted by atomic mass is 10.1. The van der Waals surface area contributed by atoms with Crippen LogP contribution in [0.4, 0.5) is 5.69 Å². The van der Waals surface area contributed by atoms with Gasteiger partial charge < -0.3 is 11.1 Å². The number of carbonyl (C=O) groups excluding carboxylic acids is 1. The number of hydrogen-bond donors (Lipinski definition) is 2. The van der Waals surface area contributed by atoms with Gasteiger partial charge in [-0.2, -0.15) is 0 Å². The molecule has 2 rings (SSSR count). The van der Waals surface area contributed by atoms with E-state index < -0.39 is 0 Å². The molecule has 0 aliphatic heterocycles. The quantitative estimate of drug-likeness (QED) is 0.827. The monoisotopic (exact) mass is 302 g/mol. The summed E-state index contributed by atoms with van der Waals surface area (Å²) in [5, 5.41) is 3.69. The van der Waals surface area contributed by atoms with Crippen molar-refractivity contribution in [1.29, 1.82) is 0 Å². The predicted molar refractivity (Wildman–Crippen MR) is 87.2 cm³/mol. The molecule has 4 heteroatoms. The molecule has 0 saturated carbocycles. The van der Waals surface area contributed by atoms with Crippen LogP contribution in [-0.2, 0) is 11.2 Å². The van der Waals surface area contributed by atoms with Crippen molar-refractivity contribution in [1.82, 2.24) is 5.32 Å². The zero-order valence-electron chi connectivity index (χ0n) is 12.0. The Labute approximate surface area is 130 Å². The highest BCUT2D eigenvalue weighted by Gasteiger charge is 2.09. The van der Waals surface area contributed by atoms with Crippen LogP contribution >= 0.6 is 11.6 Å². The molecule has 0 unspecified atom stereocenters. The fraction of sp³-hybridized carbons (Fsp3) is 0.235. The van der Waals surface area contributed by atoms with Crippen LogP contribution in [0.5, 0.6) is 0 Å². The molecule has 0 saturated heterocycles. The molecule has 1 amide bonds. The van der Waals surface area contributed by atoms with Crippen molar-refractivity contribution < 1.29 is 4.79 Å². The lowest BCUT2D eigenvalue weighted by Crippen LogP contribution is -2.26. The summed E-state index contributed by atoms with van der Waals surface area (Å²) < 4.78 is 0. The van der Waals surface area contributed by atoms with Crippen LogP contribution in [0.3, 0.4) is 0 Å². The summed E-state index contributed by atoms with van der Waals surface area (Å²) in [6.45, 7) is 1.96. The van der Waals surface area contributed by atoms with Crippen molar-refractivity contribution in [2.45, 2.75) is 25.8 Å². The molecule has 0 fully saturated rings. The highest BCUT2D eigenvalue weighted by molar-refractivity contribution is 6.30. The topological polar surface area (TPSA) is 55.1 Å². The van der Waals surface area contributed by atoms with E-state index in [1.54, 1.807) is 0 Å². The summed E-state index contributed by atoms with van der Waals surface area (Å²) in [6.07, 6.45) is 1.17. The standard InChI is InChI=1S/C17H19ClN2O/c1-12(14-5-7-15(18)8-6-14)20-17(21)11-4-13-2-9-16(19)10-3-13/h2-3,5-10,12H,4,11,19H2,1H3,(H,20,21)/t12-/m0/s1. The number of hydrogen-bond acceptors (Lipinski definition) is 2. The second-order valence-corrected chi connectivity index (χ2v) is 5.52. The fourth-order valence-electron chi connectivity index (χ4n) is 2.09. The molecule has 21 heavy (non-hydrogen) atoms. The first-order valence-corrected chi connectivity index (χ1v) is 7.31. The van der Waals surface area contributed by atoms with Crippen molar-refractivity contribution in [3.05, 3.63) is 64.7 Å². The highest BCUT2D eigenvalue weighted by Crippen LogP contribution is 2.16. The molecule has 0 radical (unpaired) electrons. The molecule has 3 nitrogen and oxygen atoms in total. The molecule has 0 spiro atoms. The number of amides is 1. The van der Waals surface area contributed by atoms with Crippen molar-refractivity contribution in [2.24, 2.45) is 0 Å². The molecular formula is C17H19ClN2O. The Morgan fingerprint density at radius 3 is 2.38 bits per heavy atom. The van der Waals surface area contributed by atoms with E-state index in [1.165, 1.54) is 0 Å². The SMILES string of the molecule is C[C@H](NC(=O)CCc1ccc(N)cc1)c1ccc(Cl)cc1. The third kappa shape index (κ3) is 4.80. The second kappa shape index (κ2) is 7.14. The number of halogens is 1. The smallest absolute Gasteiger partial charge is 0.220 e. The Kier molecular flexibility index (Phi) is 5.23. The van der Waals surface area contributed by atoms with Gasteiger partial charge in [-0.1, -0.05) is 35.9 Å². The Morgan fingerprint density at radius 1 is 1.14 bits per heavy atom. The molecule has 110 valence electrons. The van der Waals surface area contributed by atoms with E-state index in [-0.39, 0.29) is 11.9 Å². The largest absolute Gasteiger partial charge is 0.399 e. The van der Waals surface area contributed by atoms with Gasteiger partial charge in [0, 0.05) is 17.1 Å². The summed E-state index contributed by atoms with van der Waals surface area (Å²) >= 11 is 5.85. The molecule has 0 aliphatic rings. The maximum atomic E-state index is 12.0. The van der Waals surface area contributed by atoms with E-state index >= 15 is 0 Å². The fourth-order valence-corrected chi connectivity index (χ4v) is 2.22.